The molecule has 6 nitrogen and oxygen atoms in total. The second-order valence-corrected chi connectivity index (χ2v) is 4.96. The van der Waals surface area contributed by atoms with E-state index in [1.807, 2.05) is 24.3 Å². The van der Waals surface area contributed by atoms with E-state index in [0.29, 0.717) is 23.5 Å². The zero-order valence-corrected chi connectivity index (χ0v) is 12.3. The molecule has 1 N–H and O–H groups in total. The SMILES string of the molecule is Clc1cccc(CNc2nc(Cl)nc(-n3ccnc3)n2)c1. The standard InChI is InChI=1S/C13H10Cl2N6/c14-10-3-1-2-9(6-10)7-17-12-18-11(15)19-13(20-12)21-5-4-16-8-21/h1-6,8H,7H2,(H,17,18,19,20). The van der Waals surface area contributed by atoms with Crippen LogP contribution in [-0.2, 0) is 6.54 Å². The molecule has 2 aromatic heterocycles. The lowest BCUT2D eigenvalue weighted by Gasteiger charge is -2.07. The maximum Gasteiger partial charge on any atom is 0.241 e. The Hall–Kier alpha value is -2.18. The van der Waals surface area contributed by atoms with E-state index in [-0.39, 0.29) is 5.28 Å². The van der Waals surface area contributed by atoms with Crippen LogP contribution in [0.5, 0.6) is 0 Å². The van der Waals surface area contributed by atoms with E-state index in [2.05, 4.69) is 25.3 Å². The van der Waals surface area contributed by atoms with Crippen LogP contribution in [0.15, 0.2) is 43.0 Å². The molecule has 0 saturated heterocycles. The Morgan fingerprint density at radius 3 is 2.81 bits per heavy atom. The fraction of sp³-hybridized carbons (Fsp3) is 0.0769. The average molecular weight is 321 g/mol. The Balaban J connectivity index is 1.79. The summed E-state index contributed by atoms with van der Waals surface area (Å²) in [6, 6.07) is 7.53. The van der Waals surface area contributed by atoms with Gasteiger partial charge in [-0.15, -0.1) is 0 Å². The van der Waals surface area contributed by atoms with Gasteiger partial charge in [0.2, 0.25) is 17.2 Å². The Bertz CT molecular complexity index is 744. The molecule has 3 rings (SSSR count). The molecule has 0 unspecified atom stereocenters. The molecule has 106 valence electrons. The van der Waals surface area contributed by atoms with Crippen LogP contribution in [0.2, 0.25) is 10.3 Å². The van der Waals surface area contributed by atoms with Crippen LogP contribution >= 0.6 is 23.2 Å². The number of hydrogen-bond donors (Lipinski definition) is 1. The summed E-state index contributed by atoms with van der Waals surface area (Å²) in [5.74, 6) is 0.791. The number of halogens is 2. The van der Waals surface area contributed by atoms with E-state index in [9.17, 15) is 0 Å². The van der Waals surface area contributed by atoms with Gasteiger partial charge in [0.25, 0.3) is 0 Å². The highest BCUT2D eigenvalue weighted by molar-refractivity contribution is 6.30. The zero-order chi connectivity index (χ0) is 14.7. The van der Waals surface area contributed by atoms with Crippen molar-refractivity contribution in [3.8, 4) is 5.95 Å². The molecule has 0 bridgehead atoms. The third-order valence-electron chi connectivity index (χ3n) is 2.67. The minimum Gasteiger partial charge on any atom is -0.350 e. The Kier molecular flexibility index (Phi) is 3.98. The van der Waals surface area contributed by atoms with Crippen LogP contribution < -0.4 is 5.32 Å². The van der Waals surface area contributed by atoms with Gasteiger partial charge in [0.1, 0.15) is 6.33 Å². The number of aromatic nitrogens is 5. The van der Waals surface area contributed by atoms with Gasteiger partial charge in [0, 0.05) is 24.0 Å². The lowest BCUT2D eigenvalue weighted by molar-refractivity contribution is 0.888. The first-order chi connectivity index (χ1) is 10.2. The van der Waals surface area contributed by atoms with Crippen molar-refractivity contribution in [1.82, 2.24) is 24.5 Å². The van der Waals surface area contributed by atoms with Gasteiger partial charge >= 0.3 is 0 Å². The molecule has 0 spiro atoms. The largest absolute Gasteiger partial charge is 0.350 e. The Labute approximate surface area is 130 Å². The van der Waals surface area contributed by atoms with E-state index in [1.165, 1.54) is 0 Å². The number of hydrogen-bond acceptors (Lipinski definition) is 5. The summed E-state index contributed by atoms with van der Waals surface area (Å²) in [5.41, 5.74) is 1.02. The number of nitrogens with zero attached hydrogens (tertiary/aromatic N) is 5. The van der Waals surface area contributed by atoms with Gasteiger partial charge in [-0.2, -0.15) is 15.0 Å². The van der Waals surface area contributed by atoms with E-state index in [0.717, 1.165) is 5.56 Å². The second-order valence-electron chi connectivity index (χ2n) is 4.18. The van der Waals surface area contributed by atoms with E-state index >= 15 is 0 Å². The van der Waals surface area contributed by atoms with Gasteiger partial charge in [-0.25, -0.2) is 4.98 Å². The molecule has 0 amide bonds. The number of nitrogens with one attached hydrogen (secondary N) is 1. The number of benzene rings is 1. The monoisotopic (exact) mass is 320 g/mol. The molecule has 1 aromatic carbocycles. The summed E-state index contributed by atoms with van der Waals surface area (Å²) in [6.07, 6.45) is 4.95. The van der Waals surface area contributed by atoms with Crippen LogP contribution in [0.25, 0.3) is 5.95 Å². The van der Waals surface area contributed by atoms with Crippen molar-refractivity contribution in [3.05, 3.63) is 58.9 Å². The van der Waals surface area contributed by atoms with Crippen LogP contribution in [0.4, 0.5) is 5.95 Å². The van der Waals surface area contributed by atoms with Gasteiger partial charge < -0.3 is 5.32 Å². The first-order valence-corrected chi connectivity index (χ1v) is 6.84. The maximum atomic E-state index is 5.94. The van der Waals surface area contributed by atoms with Crippen molar-refractivity contribution in [2.24, 2.45) is 0 Å². The van der Waals surface area contributed by atoms with E-state index in [1.54, 1.807) is 23.3 Å². The minimum atomic E-state index is 0.113. The van der Waals surface area contributed by atoms with Crippen LogP contribution in [0.1, 0.15) is 5.56 Å². The molecule has 8 heteroatoms. The fourth-order valence-electron chi connectivity index (χ4n) is 1.74. The van der Waals surface area contributed by atoms with Crippen LogP contribution in [0, 0.1) is 0 Å². The van der Waals surface area contributed by atoms with Crippen molar-refractivity contribution in [3.63, 3.8) is 0 Å². The number of anilines is 1. The molecule has 3 aromatic rings. The lowest BCUT2D eigenvalue weighted by atomic mass is 10.2. The molecule has 0 aliphatic rings. The topological polar surface area (TPSA) is 68.5 Å². The minimum absolute atomic E-state index is 0.113. The summed E-state index contributed by atoms with van der Waals surface area (Å²) in [7, 11) is 0. The van der Waals surface area contributed by atoms with Crippen molar-refractivity contribution in [1.29, 1.82) is 0 Å². The molecular formula is C13H10Cl2N6. The Morgan fingerprint density at radius 1 is 1.14 bits per heavy atom. The summed E-state index contributed by atoms with van der Waals surface area (Å²) < 4.78 is 1.65. The summed E-state index contributed by atoms with van der Waals surface area (Å²) in [6.45, 7) is 0.532. The van der Waals surface area contributed by atoms with Crippen molar-refractivity contribution >= 4 is 29.2 Å². The molecule has 0 saturated carbocycles. The second kappa shape index (κ2) is 6.07. The van der Waals surface area contributed by atoms with Gasteiger partial charge in [0.15, 0.2) is 0 Å². The van der Waals surface area contributed by atoms with Crippen molar-refractivity contribution < 1.29 is 0 Å². The Morgan fingerprint density at radius 2 is 2.05 bits per heavy atom. The van der Waals surface area contributed by atoms with Crippen LogP contribution in [0.3, 0.4) is 0 Å². The van der Waals surface area contributed by atoms with Crippen molar-refractivity contribution in [2.75, 3.05) is 5.32 Å². The summed E-state index contributed by atoms with van der Waals surface area (Å²) in [5, 5.41) is 3.89. The molecular weight excluding hydrogens is 311 g/mol. The number of imidazole rings is 1. The summed E-state index contributed by atoms with van der Waals surface area (Å²) >= 11 is 11.9. The summed E-state index contributed by atoms with van der Waals surface area (Å²) in [4.78, 5) is 16.3. The number of rotatable bonds is 4. The third-order valence-corrected chi connectivity index (χ3v) is 3.08. The molecule has 0 aliphatic heterocycles. The highest BCUT2D eigenvalue weighted by Gasteiger charge is 2.06. The highest BCUT2D eigenvalue weighted by atomic mass is 35.5. The predicted molar refractivity (Wildman–Crippen MR) is 80.7 cm³/mol. The normalized spacial score (nSPS) is 10.6. The highest BCUT2D eigenvalue weighted by Crippen LogP contribution is 2.13. The molecule has 2 heterocycles. The molecule has 0 atom stereocenters. The van der Waals surface area contributed by atoms with E-state index in [4.69, 9.17) is 23.2 Å². The van der Waals surface area contributed by atoms with Gasteiger partial charge in [-0.1, -0.05) is 23.7 Å². The van der Waals surface area contributed by atoms with Gasteiger partial charge in [0.05, 0.1) is 0 Å². The van der Waals surface area contributed by atoms with Crippen LogP contribution in [-0.4, -0.2) is 24.5 Å². The van der Waals surface area contributed by atoms with Gasteiger partial charge in [-0.05, 0) is 29.3 Å². The van der Waals surface area contributed by atoms with Crippen molar-refractivity contribution in [2.45, 2.75) is 6.54 Å². The fourth-order valence-corrected chi connectivity index (χ4v) is 2.11. The molecule has 21 heavy (non-hydrogen) atoms. The first-order valence-electron chi connectivity index (χ1n) is 6.09. The molecule has 0 fully saturated rings. The predicted octanol–water partition coefficient (Wildman–Crippen LogP) is 2.98. The zero-order valence-electron chi connectivity index (χ0n) is 10.7. The first kappa shape index (κ1) is 13.8. The third kappa shape index (κ3) is 3.48. The lowest BCUT2D eigenvalue weighted by Crippen LogP contribution is -2.08. The molecule has 0 aliphatic carbocycles. The maximum absolute atomic E-state index is 5.94. The van der Waals surface area contributed by atoms with Gasteiger partial charge in [-0.3, -0.25) is 4.57 Å². The average Bonchev–Trinajstić information content (AvgIpc) is 2.99. The molecule has 0 radical (unpaired) electrons. The smallest absolute Gasteiger partial charge is 0.241 e. The van der Waals surface area contributed by atoms with E-state index < -0.39 is 0 Å². The quantitative estimate of drug-likeness (QED) is 0.800.